The lowest BCUT2D eigenvalue weighted by Crippen LogP contribution is -2.01. The van der Waals surface area contributed by atoms with E-state index in [9.17, 15) is 0 Å². The van der Waals surface area contributed by atoms with Crippen molar-refractivity contribution in [3.63, 3.8) is 0 Å². The van der Waals surface area contributed by atoms with Crippen LogP contribution < -0.4 is 14.8 Å². The van der Waals surface area contributed by atoms with Crippen molar-refractivity contribution in [1.82, 2.24) is 9.97 Å². The molecule has 1 aromatic carbocycles. The van der Waals surface area contributed by atoms with Crippen LogP contribution in [0.15, 0.2) is 24.5 Å². The van der Waals surface area contributed by atoms with Gasteiger partial charge in [0.25, 0.3) is 5.88 Å². The van der Waals surface area contributed by atoms with Crippen molar-refractivity contribution < 1.29 is 9.47 Å². The van der Waals surface area contributed by atoms with Gasteiger partial charge in [-0.25, -0.2) is 4.98 Å². The van der Waals surface area contributed by atoms with Crippen LogP contribution in [-0.4, -0.2) is 24.1 Å². The largest absolute Gasteiger partial charge is 0.489 e. The molecule has 2 rings (SSSR count). The quantitative estimate of drug-likeness (QED) is 0.914. The van der Waals surface area contributed by atoms with E-state index in [-0.39, 0.29) is 0 Å². The van der Waals surface area contributed by atoms with Crippen LogP contribution >= 0.6 is 0 Å². The third kappa shape index (κ3) is 2.76. The average Bonchev–Trinajstić information content (AvgIpc) is 2.42. The second-order valence-corrected chi connectivity index (χ2v) is 4.16. The van der Waals surface area contributed by atoms with Crippen LogP contribution in [0.3, 0.4) is 0 Å². The van der Waals surface area contributed by atoms with Crippen LogP contribution in [0.4, 0.5) is 5.82 Å². The predicted molar refractivity (Wildman–Crippen MR) is 74.1 cm³/mol. The highest BCUT2D eigenvalue weighted by Crippen LogP contribution is 2.34. The molecular weight excluding hydrogens is 242 g/mol. The molecule has 0 amide bonds. The van der Waals surface area contributed by atoms with Gasteiger partial charge in [0, 0.05) is 7.05 Å². The molecule has 0 aliphatic carbocycles. The Morgan fingerprint density at radius 3 is 2.53 bits per heavy atom. The highest BCUT2D eigenvalue weighted by molar-refractivity contribution is 5.55. The normalized spacial score (nSPS) is 10.1. The fraction of sp³-hybridized carbons (Fsp3) is 0.286. The number of nitrogens with zero attached hydrogens (tertiary/aromatic N) is 2. The van der Waals surface area contributed by atoms with Gasteiger partial charge in [-0.2, -0.15) is 4.98 Å². The van der Waals surface area contributed by atoms with E-state index < -0.39 is 0 Å². The lowest BCUT2D eigenvalue weighted by molar-refractivity contribution is 0.369. The van der Waals surface area contributed by atoms with Gasteiger partial charge in [0.15, 0.2) is 5.82 Å². The first-order valence-electron chi connectivity index (χ1n) is 5.97. The smallest absolute Gasteiger partial charge is 0.268 e. The summed E-state index contributed by atoms with van der Waals surface area (Å²) in [6.45, 7) is 4.10. The van der Waals surface area contributed by atoms with E-state index in [2.05, 4.69) is 22.2 Å². The maximum atomic E-state index is 5.76. The van der Waals surface area contributed by atoms with E-state index in [1.807, 2.05) is 25.1 Å². The van der Waals surface area contributed by atoms with Crippen LogP contribution in [0.1, 0.15) is 11.1 Å². The lowest BCUT2D eigenvalue weighted by Gasteiger charge is -2.12. The molecule has 5 nitrogen and oxygen atoms in total. The second kappa shape index (κ2) is 5.56. The van der Waals surface area contributed by atoms with Crippen molar-refractivity contribution in [3.05, 3.63) is 35.7 Å². The molecule has 0 bridgehead atoms. The Labute approximate surface area is 112 Å². The number of hydrogen-bond donors (Lipinski definition) is 1. The van der Waals surface area contributed by atoms with E-state index in [1.54, 1.807) is 14.2 Å². The van der Waals surface area contributed by atoms with Gasteiger partial charge in [-0.05, 0) is 37.1 Å². The zero-order valence-electron chi connectivity index (χ0n) is 11.5. The number of anilines is 1. The molecule has 0 atom stereocenters. The molecule has 1 aromatic heterocycles. The molecule has 2 aromatic rings. The number of ether oxygens (including phenoxy) is 2. The summed E-state index contributed by atoms with van der Waals surface area (Å²) < 4.78 is 11.0. The minimum Gasteiger partial charge on any atom is -0.489 e. The Kier molecular flexibility index (Phi) is 3.85. The van der Waals surface area contributed by atoms with Crippen LogP contribution in [0.2, 0.25) is 0 Å². The molecule has 0 spiro atoms. The van der Waals surface area contributed by atoms with E-state index in [4.69, 9.17) is 9.47 Å². The summed E-state index contributed by atoms with van der Waals surface area (Å²) >= 11 is 0. The van der Waals surface area contributed by atoms with Gasteiger partial charge in [-0.1, -0.05) is 6.07 Å². The summed E-state index contributed by atoms with van der Waals surface area (Å²) in [4.78, 5) is 8.18. The third-order valence-electron chi connectivity index (χ3n) is 2.90. The van der Waals surface area contributed by atoms with E-state index in [1.165, 1.54) is 17.5 Å². The Morgan fingerprint density at radius 1 is 1.11 bits per heavy atom. The SMILES string of the molecule is CNc1ncnc(Oc2ccc(C)c(C)c2)c1OC. The molecule has 0 fully saturated rings. The highest BCUT2D eigenvalue weighted by Gasteiger charge is 2.13. The van der Waals surface area contributed by atoms with Crippen LogP contribution in [0.5, 0.6) is 17.4 Å². The Hall–Kier alpha value is -2.30. The van der Waals surface area contributed by atoms with Crippen molar-refractivity contribution in [1.29, 1.82) is 0 Å². The summed E-state index contributed by atoms with van der Waals surface area (Å²) in [5.41, 5.74) is 2.39. The number of methoxy groups -OCH3 is 1. The monoisotopic (exact) mass is 259 g/mol. The number of aromatic nitrogens is 2. The summed E-state index contributed by atoms with van der Waals surface area (Å²) in [6.07, 6.45) is 1.44. The minimum atomic E-state index is 0.394. The Balaban J connectivity index is 2.35. The summed E-state index contributed by atoms with van der Waals surface area (Å²) in [5.74, 6) is 2.20. The van der Waals surface area contributed by atoms with Crippen molar-refractivity contribution in [2.45, 2.75) is 13.8 Å². The van der Waals surface area contributed by atoms with Gasteiger partial charge in [0.2, 0.25) is 5.75 Å². The minimum absolute atomic E-state index is 0.394. The van der Waals surface area contributed by atoms with E-state index in [0.717, 1.165) is 5.75 Å². The van der Waals surface area contributed by atoms with Gasteiger partial charge >= 0.3 is 0 Å². The second-order valence-electron chi connectivity index (χ2n) is 4.16. The molecule has 5 heteroatoms. The maximum absolute atomic E-state index is 5.76. The number of nitrogens with one attached hydrogen (secondary N) is 1. The molecule has 0 saturated heterocycles. The zero-order valence-corrected chi connectivity index (χ0v) is 11.5. The molecule has 0 aliphatic heterocycles. The predicted octanol–water partition coefficient (Wildman–Crippen LogP) is 2.94. The van der Waals surface area contributed by atoms with Crippen molar-refractivity contribution in [2.24, 2.45) is 0 Å². The van der Waals surface area contributed by atoms with Gasteiger partial charge < -0.3 is 14.8 Å². The molecule has 1 N–H and O–H groups in total. The van der Waals surface area contributed by atoms with Crippen molar-refractivity contribution in [2.75, 3.05) is 19.5 Å². The van der Waals surface area contributed by atoms with Crippen LogP contribution in [-0.2, 0) is 0 Å². The number of aryl methyl sites for hydroxylation is 2. The average molecular weight is 259 g/mol. The van der Waals surface area contributed by atoms with E-state index in [0.29, 0.717) is 17.4 Å². The van der Waals surface area contributed by atoms with Gasteiger partial charge in [0.1, 0.15) is 12.1 Å². The first-order valence-corrected chi connectivity index (χ1v) is 5.97. The molecule has 0 saturated carbocycles. The molecular formula is C14H17N3O2. The van der Waals surface area contributed by atoms with Gasteiger partial charge in [0.05, 0.1) is 7.11 Å². The number of rotatable bonds is 4. The highest BCUT2D eigenvalue weighted by atomic mass is 16.5. The Morgan fingerprint density at radius 2 is 1.89 bits per heavy atom. The summed E-state index contributed by atoms with van der Waals surface area (Å²) in [6, 6.07) is 5.89. The fourth-order valence-corrected chi connectivity index (χ4v) is 1.68. The summed E-state index contributed by atoms with van der Waals surface area (Å²) in [5, 5.41) is 2.94. The molecule has 1 heterocycles. The van der Waals surface area contributed by atoms with E-state index >= 15 is 0 Å². The molecule has 100 valence electrons. The lowest BCUT2D eigenvalue weighted by atomic mass is 10.1. The molecule has 0 unspecified atom stereocenters. The standard InChI is InChI=1S/C14H17N3O2/c1-9-5-6-11(7-10(9)2)19-14-12(18-4)13(15-3)16-8-17-14/h5-8H,1-4H3,(H,15,16,17). The van der Waals surface area contributed by atoms with Crippen LogP contribution in [0.25, 0.3) is 0 Å². The Bertz CT molecular complexity index is 585. The van der Waals surface area contributed by atoms with Gasteiger partial charge in [-0.15, -0.1) is 0 Å². The van der Waals surface area contributed by atoms with Crippen molar-refractivity contribution in [3.8, 4) is 17.4 Å². The molecule has 0 aliphatic rings. The van der Waals surface area contributed by atoms with Crippen LogP contribution in [0, 0.1) is 13.8 Å². The first kappa shape index (κ1) is 13.1. The maximum Gasteiger partial charge on any atom is 0.268 e. The third-order valence-corrected chi connectivity index (χ3v) is 2.90. The number of benzene rings is 1. The summed E-state index contributed by atoms with van der Waals surface area (Å²) in [7, 11) is 3.33. The molecule has 0 radical (unpaired) electrons. The fourth-order valence-electron chi connectivity index (χ4n) is 1.68. The topological polar surface area (TPSA) is 56.3 Å². The first-order chi connectivity index (χ1) is 9.15. The number of hydrogen-bond acceptors (Lipinski definition) is 5. The molecule has 19 heavy (non-hydrogen) atoms. The zero-order chi connectivity index (χ0) is 13.8. The van der Waals surface area contributed by atoms with Gasteiger partial charge in [-0.3, -0.25) is 0 Å². The van der Waals surface area contributed by atoms with Crippen molar-refractivity contribution >= 4 is 5.82 Å².